The first-order valence-electron chi connectivity index (χ1n) is 9.50. The highest BCUT2D eigenvalue weighted by Crippen LogP contribution is 2.28. The minimum Gasteiger partial charge on any atom is -0.482 e. The summed E-state index contributed by atoms with van der Waals surface area (Å²) in [6.45, 7) is 6.17. The zero-order chi connectivity index (χ0) is 21.8. The van der Waals surface area contributed by atoms with Gasteiger partial charge in [0.1, 0.15) is 6.61 Å². The molecule has 0 fully saturated rings. The standard InChI is InChI=1S/C22H24N4O4/c1-14-8-9-21(20(10-14)26(28)29)30-13-17-6-5-7-18(11-17)22(27)23-12-19-15(2)24-25(4)16(19)3/h5-11H,12-13H2,1-4H3,(H,23,27). The molecule has 156 valence electrons. The number of rotatable bonds is 7. The number of nitro groups is 1. The van der Waals surface area contributed by atoms with Crippen LogP contribution >= 0.6 is 0 Å². The van der Waals surface area contributed by atoms with E-state index < -0.39 is 4.92 Å². The van der Waals surface area contributed by atoms with Crippen LogP contribution in [0.1, 0.15) is 38.4 Å². The van der Waals surface area contributed by atoms with E-state index in [1.165, 1.54) is 6.07 Å². The second-order valence-electron chi connectivity index (χ2n) is 7.17. The van der Waals surface area contributed by atoms with Crippen LogP contribution in [0.4, 0.5) is 5.69 Å². The van der Waals surface area contributed by atoms with E-state index in [1.54, 1.807) is 41.9 Å². The Morgan fingerprint density at radius 3 is 2.63 bits per heavy atom. The lowest BCUT2D eigenvalue weighted by Gasteiger charge is -2.10. The lowest BCUT2D eigenvalue weighted by Crippen LogP contribution is -2.23. The summed E-state index contributed by atoms with van der Waals surface area (Å²) in [7, 11) is 1.87. The molecule has 0 unspecified atom stereocenters. The average molecular weight is 408 g/mol. The van der Waals surface area contributed by atoms with Gasteiger partial charge in [-0.15, -0.1) is 0 Å². The van der Waals surface area contributed by atoms with Gasteiger partial charge >= 0.3 is 5.69 Å². The molecule has 8 nitrogen and oxygen atoms in total. The SMILES string of the molecule is Cc1ccc(OCc2cccc(C(=O)NCc3c(C)nn(C)c3C)c2)c([N+](=O)[O-])c1. The monoisotopic (exact) mass is 408 g/mol. The molecule has 2 aromatic carbocycles. The first kappa shape index (κ1) is 21.0. The summed E-state index contributed by atoms with van der Waals surface area (Å²) in [4.78, 5) is 23.4. The van der Waals surface area contributed by atoms with Crippen molar-refractivity contribution in [3.8, 4) is 5.75 Å². The van der Waals surface area contributed by atoms with Gasteiger partial charge in [0.2, 0.25) is 0 Å². The summed E-state index contributed by atoms with van der Waals surface area (Å²) in [5, 5.41) is 18.5. The van der Waals surface area contributed by atoms with E-state index in [9.17, 15) is 14.9 Å². The van der Waals surface area contributed by atoms with Gasteiger partial charge in [0.15, 0.2) is 5.75 Å². The van der Waals surface area contributed by atoms with Crippen LogP contribution in [0.15, 0.2) is 42.5 Å². The van der Waals surface area contributed by atoms with E-state index in [1.807, 2.05) is 27.0 Å². The fraction of sp³-hybridized carbons (Fsp3) is 0.273. The topological polar surface area (TPSA) is 99.3 Å². The number of nitro benzene ring substituents is 1. The highest BCUT2D eigenvalue weighted by molar-refractivity contribution is 5.94. The van der Waals surface area contributed by atoms with Gasteiger partial charge in [-0.1, -0.05) is 18.2 Å². The average Bonchev–Trinajstić information content (AvgIpc) is 2.96. The predicted octanol–water partition coefficient (Wildman–Crippen LogP) is 3.76. The van der Waals surface area contributed by atoms with Gasteiger partial charge in [-0.25, -0.2) is 0 Å². The lowest BCUT2D eigenvalue weighted by molar-refractivity contribution is -0.386. The van der Waals surface area contributed by atoms with E-state index in [2.05, 4.69) is 10.4 Å². The molecule has 1 N–H and O–H groups in total. The maximum atomic E-state index is 12.6. The third kappa shape index (κ3) is 4.65. The van der Waals surface area contributed by atoms with Gasteiger partial charge in [0.25, 0.3) is 5.91 Å². The Kier molecular flexibility index (Phi) is 6.15. The van der Waals surface area contributed by atoms with Gasteiger partial charge in [0.05, 0.1) is 10.6 Å². The van der Waals surface area contributed by atoms with Crippen LogP contribution in [-0.2, 0) is 20.2 Å². The summed E-state index contributed by atoms with van der Waals surface area (Å²) in [5.41, 5.74) is 4.83. The number of amides is 1. The van der Waals surface area contributed by atoms with Crippen LogP contribution in [0, 0.1) is 30.9 Å². The van der Waals surface area contributed by atoms with E-state index in [-0.39, 0.29) is 24.0 Å². The van der Waals surface area contributed by atoms with Crippen LogP contribution in [-0.4, -0.2) is 20.6 Å². The Labute approximate surface area is 174 Å². The smallest absolute Gasteiger partial charge is 0.311 e. The summed E-state index contributed by atoms with van der Waals surface area (Å²) >= 11 is 0. The number of aromatic nitrogens is 2. The highest BCUT2D eigenvalue weighted by atomic mass is 16.6. The second-order valence-corrected chi connectivity index (χ2v) is 7.17. The molecule has 3 aromatic rings. The van der Waals surface area contributed by atoms with Gasteiger partial charge in [-0.05, 0) is 50.1 Å². The van der Waals surface area contributed by atoms with E-state index in [0.717, 1.165) is 28.1 Å². The van der Waals surface area contributed by atoms with Gasteiger partial charge in [0, 0.05) is 36.5 Å². The van der Waals surface area contributed by atoms with E-state index in [4.69, 9.17) is 4.74 Å². The number of aryl methyl sites for hydroxylation is 3. The molecule has 0 radical (unpaired) electrons. The fourth-order valence-corrected chi connectivity index (χ4v) is 3.20. The number of hydrogen-bond donors (Lipinski definition) is 1. The maximum absolute atomic E-state index is 12.6. The summed E-state index contributed by atoms with van der Waals surface area (Å²) in [6, 6.07) is 11.8. The Morgan fingerprint density at radius 2 is 1.97 bits per heavy atom. The Bertz CT molecular complexity index is 1100. The molecular weight excluding hydrogens is 384 g/mol. The van der Waals surface area contributed by atoms with Crippen molar-refractivity contribution >= 4 is 11.6 Å². The molecule has 1 amide bonds. The first-order valence-corrected chi connectivity index (χ1v) is 9.50. The number of nitrogens with zero attached hydrogens (tertiary/aromatic N) is 3. The van der Waals surface area contributed by atoms with Crippen molar-refractivity contribution < 1.29 is 14.5 Å². The van der Waals surface area contributed by atoms with Crippen molar-refractivity contribution in [3.05, 3.63) is 86.2 Å². The van der Waals surface area contributed by atoms with Gasteiger partial charge < -0.3 is 10.1 Å². The van der Waals surface area contributed by atoms with Crippen molar-refractivity contribution in [2.24, 2.45) is 7.05 Å². The van der Waals surface area contributed by atoms with Crippen molar-refractivity contribution in [2.45, 2.75) is 33.9 Å². The molecule has 1 heterocycles. The zero-order valence-electron chi connectivity index (χ0n) is 17.4. The third-order valence-electron chi connectivity index (χ3n) is 4.98. The second kappa shape index (κ2) is 8.77. The molecule has 0 aliphatic carbocycles. The van der Waals surface area contributed by atoms with Crippen molar-refractivity contribution in [1.29, 1.82) is 0 Å². The summed E-state index contributed by atoms with van der Waals surface area (Å²) in [5.74, 6) is -0.0104. The first-order chi connectivity index (χ1) is 14.3. The Morgan fingerprint density at radius 1 is 1.20 bits per heavy atom. The number of carbonyl (C=O) groups is 1. The number of nitrogens with one attached hydrogen (secondary N) is 1. The summed E-state index contributed by atoms with van der Waals surface area (Å²) in [6.07, 6.45) is 0. The molecule has 0 bridgehead atoms. The number of ether oxygens (including phenoxy) is 1. The summed E-state index contributed by atoms with van der Waals surface area (Å²) < 4.78 is 7.44. The molecule has 30 heavy (non-hydrogen) atoms. The van der Waals surface area contributed by atoms with Crippen molar-refractivity contribution in [1.82, 2.24) is 15.1 Å². The van der Waals surface area contributed by atoms with Crippen LogP contribution in [0.5, 0.6) is 5.75 Å². The zero-order valence-corrected chi connectivity index (χ0v) is 17.4. The highest BCUT2D eigenvalue weighted by Gasteiger charge is 2.16. The molecule has 8 heteroatoms. The predicted molar refractivity (Wildman–Crippen MR) is 112 cm³/mol. The van der Waals surface area contributed by atoms with Crippen LogP contribution in [0.25, 0.3) is 0 Å². The Hall–Kier alpha value is -3.68. The minimum atomic E-state index is -0.464. The molecule has 0 aliphatic heterocycles. The van der Waals surface area contributed by atoms with Crippen LogP contribution in [0.2, 0.25) is 0 Å². The number of benzene rings is 2. The normalized spacial score (nSPS) is 10.7. The molecule has 1 aromatic heterocycles. The third-order valence-corrected chi connectivity index (χ3v) is 4.98. The van der Waals surface area contributed by atoms with Gasteiger partial charge in [-0.2, -0.15) is 5.10 Å². The molecular formula is C22H24N4O4. The van der Waals surface area contributed by atoms with E-state index >= 15 is 0 Å². The maximum Gasteiger partial charge on any atom is 0.311 e. The van der Waals surface area contributed by atoms with Crippen LogP contribution in [0.3, 0.4) is 0 Å². The Balaban J connectivity index is 1.67. The lowest BCUT2D eigenvalue weighted by atomic mass is 10.1. The fourth-order valence-electron chi connectivity index (χ4n) is 3.20. The van der Waals surface area contributed by atoms with Crippen molar-refractivity contribution in [3.63, 3.8) is 0 Å². The minimum absolute atomic E-state index is 0.0777. The van der Waals surface area contributed by atoms with Crippen LogP contribution < -0.4 is 10.1 Å². The molecule has 0 saturated heterocycles. The number of carbonyl (C=O) groups excluding carboxylic acids is 1. The van der Waals surface area contributed by atoms with Crippen molar-refractivity contribution in [2.75, 3.05) is 0 Å². The molecule has 0 atom stereocenters. The molecule has 3 rings (SSSR count). The molecule has 0 aliphatic rings. The largest absolute Gasteiger partial charge is 0.482 e. The quantitative estimate of drug-likeness (QED) is 0.474. The molecule has 0 spiro atoms. The molecule has 0 saturated carbocycles. The van der Waals surface area contributed by atoms with E-state index in [0.29, 0.717) is 12.1 Å². The van der Waals surface area contributed by atoms with Gasteiger partial charge in [-0.3, -0.25) is 19.6 Å². The number of hydrogen-bond acceptors (Lipinski definition) is 5.